The molecule has 2 nitrogen and oxygen atoms in total. The third kappa shape index (κ3) is 5.13. The van der Waals surface area contributed by atoms with Gasteiger partial charge in [-0.3, -0.25) is 4.79 Å². The van der Waals surface area contributed by atoms with E-state index in [1.165, 1.54) is 16.0 Å². The monoisotopic (exact) mass is 341 g/mol. The topological polar surface area (TPSA) is 29.1 Å². The van der Waals surface area contributed by atoms with Gasteiger partial charge in [0.15, 0.2) is 0 Å². The number of hydrogen-bond donors (Lipinski definition) is 1. The predicted molar refractivity (Wildman–Crippen MR) is 105 cm³/mol. The molecule has 2 rings (SSSR count). The highest BCUT2D eigenvalue weighted by molar-refractivity contribution is 8.00. The molecule has 0 fully saturated rings. The van der Waals surface area contributed by atoms with Crippen LogP contribution in [0.2, 0.25) is 0 Å². The third-order valence-electron chi connectivity index (χ3n) is 3.92. The second-order valence-electron chi connectivity index (χ2n) is 7.44. The normalized spacial score (nSPS) is 11.4. The molecule has 0 aliphatic carbocycles. The summed E-state index contributed by atoms with van der Waals surface area (Å²) in [4.78, 5) is 13.4. The smallest absolute Gasteiger partial charge is 0.234 e. The first-order valence-electron chi connectivity index (χ1n) is 8.27. The Kier molecular flexibility index (Phi) is 5.76. The van der Waals surface area contributed by atoms with E-state index in [4.69, 9.17) is 0 Å². The average Bonchev–Trinajstić information content (AvgIpc) is 2.44. The minimum absolute atomic E-state index is 0.0329. The largest absolute Gasteiger partial charge is 0.325 e. The van der Waals surface area contributed by atoms with Gasteiger partial charge in [-0.15, -0.1) is 11.8 Å². The molecule has 24 heavy (non-hydrogen) atoms. The van der Waals surface area contributed by atoms with Gasteiger partial charge in [0.1, 0.15) is 0 Å². The van der Waals surface area contributed by atoms with Crippen LogP contribution in [0, 0.1) is 20.8 Å². The van der Waals surface area contributed by atoms with Crippen molar-refractivity contribution < 1.29 is 4.79 Å². The first-order chi connectivity index (χ1) is 11.1. The highest BCUT2D eigenvalue weighted by atomic mass is 32.2. The molecule has 0 aliphatic heterocycles. The molecule has 1 amide bonds. The summed E-state index contributed by atoms with van der Waals surface area (Å²) < 4.78 is 0. The molecule has 0 heterocycles. The van der Waals surface area contributed by atoms with E-state index < -0.39 is 0 Å². The van der Waals surface area contributed by atoms with Crippen molar-refractivity contribution in [3.8, 4) is 0 Å². The van der Waals surface area contributed by atoms with Crippen LogP contribution in [0.25, 0.3) is 0 Å². The molecule has 3 heteroatoms. The number of thioether (sulfide) groups is 1. The Balaban J connectivity index is 2.03. The van der Waals surface area contributed by atoms with Crippen LogP contribution in [0.5, 0.6) is 0 Å². The van der Waals surface area contributed by atoms with Crippen LogP contribution < -0.4 is 5.32 Å². The highest BCUT2D eigenvalue weighted by Gasteiger charge is 2.15. The zero-order chi connectivity index (χ0) is 17.9. The lowest BCUT2D eigenvalue weighted by Gasteiger charge is -2.20. The SMILES string of the molecule is Cc1cc(C)cc(NC(=O)CSc2cc(C(C)(C)C)ccc2C)c1. The lowest BCUT2D eigenvalue weighted by Crippen LogP contribution is -2.14. The van der Waals surface area contributed by atoms with Gasteiger partial charge < -0.3 is 5.32 Å². The maximum atomic E-state index is 12.3. The summed E-state index contributed by atoms with van der Waals surface area (Å²) in [6, 6.07) is 12.6. The Morgan fingerprint density at radius 3 is 2.21 bits per heavy atom. The molecule has 0 radical (unpaired) electrons. The Morgan fingerprint density at radius 1 is 1.00 bits per heavy atom. The summed E-state index contributed by atoms with van der Waals surface area (Å²) in [6.45, 7) is 12.8. The molecule has 0 atom stereocenters. The zero-order valence-corrected chi connectivity index (χ0v) is 16.3. The van der Waals surface area contributed by atoms with Gasteiger partial charge in [-0.1, -0.05) is 39.0 Å². The minimum Gasteiger partial charge on any atom is -0.325 e. The number of hydrogen-bond acceptors (Lipinski definition) is 2. The van der Waals surface area contributed by atoms with E-state index in [-0.39, 0.29) is 11.3 Å². The fourth-order valence-corrected chi connectivity index (χ4v) is 3.47. The lowest BCUT2D eigenvalue weighted by atomic mass is 9.87. The van der Waals surface area contributed by atoms with Gasteiger partial charge in [0.05, 0.1) is 5.75 Å². The van der Waals surface area contributed by atoms with Crippen LogP contribution in [-0.4, -0.2) is 11.7 Å². The van der Waals surface area contributed by atoms with Crippen molar-refractivity contribution in [3.05, 3.63) is 58.7 Å². The number of nitrogens with one attached hydrogen (secondary N) is 1. The van der Waals surface area contributed by atoms with Gasteiger partial charge >= 0.3 is 0 Å². The predicted octanol–water partition coefficient (Wildman–Crippen LogP) is 5.64. The van der Waals surface area contributed by atoms with Gasteiger partial charge in [-0.25, -0.2) is 0 Å². The van der Waals surface area contributed by atoms with Gasteiger partial charge in [-0.05, 0) is 66.6 Å². The fourth-order valence-electron chi connectivity index (χ4n) is 2.61. The molecular weight excluding hydrogens is 314 g/mol. The standard InChI is InChI=1S/C21H27NOS/c1-14-9-15(2)11-18(10-14)22-20(23)13-24-19-12-17(21(4,5)6)8-7-16(19)3/h7-12H,13H2,1-6H3,(H,22,23). The van der Waals surface area contributed by atoms with Crippen LogP contribution in [0.15, 0.2) is 41.3 Å². The van der Waals surface area contributed by atoms with Crippen LogP contribution in [0.4, 0.5) is 5.69 Å². The second-order valence-corrected chi connectivity index (χ2v) is 8.46. The summed E-state index contributed by atoms with van der Waals surface area (Å²) in [5.74, 6) is 0.451. The number of benzene rings is 2. The molecule has 0 saturated heterocycles. The van der Waals surface area contributed by atoms with Crippen molar-refractivity contribution >= 4 is 23.4 Å². The van der Waals surface area contributed by atoms with Crippen LogP contribution in [0.3, 0.4) is 0 Å². The Hall–Kier alpha value is -1.74. The number of anilines is 1. The molecular formula is C21H27NOS. The molecule has 2 aromatic carbocycles. The molecule has 0 aromatic heterocycles. The number of aryl methyl sites for hydroxylation is 3. The van der Waals surface area contributed by atoms with E-state index in [2.05, 4.69) is 57.3 Å². The summed E-state index contributed by atoms with van der Waals surface area (Å²) in [6.07, 6.45) is 0. The molecule has 0 unspecified atom stereocenters. The molecule has 0 bridgehead atoms. The Morgan fingerprint density at radius 2 is 1.62 bits per heavy atom. The highest BCUT2D eigenvalue weighted by Crippen LogP contribution is 2.29. The summed E-state index contributed by atoms with van der Waals surface area (Å²) in [5.41, 5.74) is 5.82. The summed E-state index contributed by atoms with van der Waals surface area (Å²) >= 11 is 1.60. The quantitative estimate of drug-likeness (QED) is 0.729. The van der Waals surface area contributed by atoms with E-state index >= 15 is 0 Å². The average molecular weight is 342 g/mol. The minimum atomic E-state index is 0.0329. The van der Waals surface area contributed by atoms with Crippen LogP contribution in [-0.2, 0) is 10.2 Å². The van der Waals surface area contributed by atoms with Crippen LogP contribution >= 0.6 is 11.8 Å². The van der Waals surface area contributed by atoms with E-state index in [0.29, 0.717) is 5.75 Å². The van der Waals surface area contributed by atoms with Crippen molar-refractivity contribution in [2.24, 2.45) is 0 Å². The van der Waals surface area contributed by atoms with Crippen LogP contribution in [0.1, 0.15) is 43.0 Å². The number of carbonyl (C=O) groups is 1. The molecule has 128 valence electrons. The maximum absolute atomic E-state index is 12.3. The molecule has 0 saturated carbocycles. The molecule has 2 aromatic rings. The Labute approximate surface area is 150 Å². The lowest BCUT2D eigenvalue weighted by molar-refractivity contribution is -0.113. The van der Waals surface area contributed by atoms with Crippen molar-refractivity contribution in [3.63, 3.8) is 0 Å². The summed E-state index contributed by atoms with van der Waals surface area (Å²) in [7, 11) is 0. The Bertz CT molecular complexity index is 724. The van der Waals surface area contributed by atoms with Crippen molar-refractivity contribution in [2.45, 2.75) is 51.9 Å². The first kappa shape index (κ1) is 18.6. The van der Waals surface area contributed by atoms with E-state index in [1.54, 1.807) is 11.8 Å². The number of rotatable bonds is 4. The van der Waals surface area contributed by atoms with Gasteiger partial charge in [0, 0.05) is 10.6 Å². The van der Waals surface area contributed by atoms with Gasteiger partial charge in [-0.2, -0.15) is 0 Å². The van der Waals surface area contributed by atoms with Crippen molar-refractivity contribution in [1.29, 1.82) is 0 Å². The zero-order valence-electron chi connectivity index (χ0n) is 15.5. The third-order valence-corrected chi connectivity index (χ3v) is 5.08. The van der Waals surface area contributed by atoms with Crippen molar-refractivity contribution in [1.82, 2.24) is 0 Å². The first-order valence-corrected chi connectivity index (χ1v) is 9.26. The van der Waals surface area contributed by atoms with Gasteiger partial charge in [0.25, 0.3) is 0 Å². The summed E-state index contributed by atoms with van der Waals surface area (Å²) in [5, 5.41) is 3.00. The van der Waals surface area contributed by atoms with E-state index in [9.17, 15) is 4.79 Å². The fraction of sp³-hybridized carbons (Fsp3) is 0.381. The molecule has 0 spiro atoms. The number of carbonyl (C=O) groups excluding carboxylic acids is 1. The second kappa shape index (κ2) is 7.43. The molecule has 0 aliphatic rings. The van der Waals surface area contributed by atoms with Crippen molar-refractivity contribution in [2.75, 3.05) is 11.1 Å². The van der Waals surface area contributed by atoms with E-state index in [0.717, 1.165) is 16.8 Å². The molecule has 1 N–H and O–H groups in total. The maximum Gasteiger partial charge on any atom is 0.234 e. The van der Waals surface area contributed by atoms with E-state index in [1.807, 2.05) is 26.0 Å². The van der Waals surface area contributed by atoms with Gasteiger partial charge in [0.2, 0.25) is 5.91 Å². The number of amides is 1.